The summed E-state index contributed by atoms with van der Waals surface area (Å²) in [5, 5.41) is 18.2. The van der Waals surface area contributed by atoms with Gasteiger partial charge in [-0.1, -0.05) is 0 Å². The zero-order chi connectivity index (χ0) is 10.1. The Morgan fingerprint density at radius 3 is 2.93 bits per heavy atom. The predicted molar refractivity (Wildman–Crippen MR) is 52.8 cm³/mol. The van der Waals surface area contributed by atoms with Crippen LogP contribution in [0.2, 0.25) is 0 Å². The normalized spacial score (nSPS) is 10.3. The van der Waals surface area contributed by atoms with E-state index in [1.807, 2.05) is 6.07 Å². The van der Waals surface area contributed by atoms with Crippen molar-refractivity contribution in [2.24, 2.45) is 0 Å². The molecule has 4 heteroatoms. The van der Waals surface area contributed by atoms with Crippen molar-refractivity contribution >= 4 is 21.4 Å². The lowest BCUT2D eigenvalue weighted by atomic mass is 10.1. The van der Waals surface area contributed by atoms with E-state index >= 15 is 0 Å². The highest BCUT2D eigenvalue weighted by atomic mass is 32.1. The van der Waals surface area contributed by atoms with Crippen molar-refractivity contribution in [3.8, 4) is 11.8 Å². The number of aromatic hydroxyl groups is 1. The van der Waals surface area contributed by atoms with Gasteiger partial charge < -0.3 is 5.11 Å². The number of fused-ring (bicyclic) bond motifs is 1. The molecule has 0 aliphatic heterocycles. The molecule has 0 fully saturated rings. The first kappa shape index (κ1) is 8.97. The van der Waals surface area contributed by atoms with Gasteiger partial charge in [0.15, 0.2) is 5.13 Å². The second kappa shape index (κ2) is 3.28. The van der Waals surface area contributed by atoms with Gasteiger partial charge in [0.05, 0.1) is 12.5 Å². The molecule has 0 saturated heterocycles. The standard InChI is InChI=1S/C10H6FNOS/c11-10-5-7-8(13)3-6(1-2-12)4-9(7)14-10/h3-5,13H,1H2. The van der Waals surface area contributed by atoms with E-state index in [1.54, 1.807) is 6.07 Å². The molecule has 0 atom stereocenters. The van der Waals surface area contributed by atoms with Crippen molar-refractivity contribution in [2.45, 2.75) is 6.42 Å². The van der Waals surface area contributed by atoms with Crippen LogP contribution in [0.4, 0.5) is 4.39 Å². The molecule has 0 radical (unpaired) electrons. The molecule has 0 bridgehead atoms. The second-order valence-electron chi connectivity index (χ2n) is 2.91. The van der Waals surface area contributed by atoms with Gasteiger partial charge in [0.1, 0.15) is 5.75 Å². The summed E-state index contributed by atoms with van der Waals surface area (Å²) in [4.78, 5) is 0. The largest absolute Gasteiger partial charge is 0.507 e. The van der Waals surface area contributed by atoms with Gasteiger partial charge in [-0.3, -0.25) is 0 Å². The fourth-order valence-electron chi connectivity index (χ4n) is 1.34. The minimum Gasteiger partial charge on any atom is -0.507 e. The number of thiophene rings is 1. The van der Waals surface area contributed by atoms with Gasteiger partial charge in [0, 0.05) is 10.1 Å². The molecule has 0 saturated carbocycles. The Labute approximate surface area is 83.8 Å². The van der Waals surface area contributed by atoms with E-state index in [1.165, 1.54) is 12.1 Å². The van der Waals surface area contributed by atoms with E-state index in [-0.39, 0.29) is 17.3 Å². The monoisotopic (exact) mass is 207 g/mol. The lowest BCUT2D eigenvalue weighted by Gasteiger charge is -1.98. The number of nitrogens with zero attached hydrogens (tertiary/aromatic N) is 1. The highest BCUT2D eigenvalue weighted by molar-refractivity contribution is 7.17. The van der Waals surface area contributed by atoms with E-state index in [2.05, 4.69) is 0 Å². The molecule has 0 unspecified atom stereocenters. The number of benzene rings is 1. The maximum Gasteiger partial charge on any atom is 0.177 e. The summed E-state index contributed by atoms with van der Waals surface area (Å²) in [6.45, 7) is 0. The second-order valence-corrected chi connectivity index (χ2v) is 3.95. The molecule has 2 nitrogen and oxygen atoms in total. The van der Waals surface area contributed by atoms with Crippen LogP contribution in [-0.4, -0.2) is 5.11 Å². The van der Waals surface area contributed by atoms with Crippen LogP contribution in [0.15, 0.2) is 18.2 Å². The van der Waals surface area contributed by atoms with E-state index in [9.17, 15) is 9.50 Å². The van der Waals surface area contributed by atoms with Crippen molar-refractivity contribution in [1.82, 2.24) is 0 Å². The summed E-state index contributed by atoms with van der Waals surface area (Å²) in [7, 11) is 0. The van der Waals surface area contributed by atoms with Crippen LogP contribution in [0, 0.1) is 16.5 Å². The molecule has 0 spiro atoms. The Morgan fingerprint density at radius 1 is 1.43 bits per heavy atom. The van der Waals surface area contributed by atoms with Gasteiger partial charge in [0.2, 0.25) is 0 Å². The quantitative estimate of drug-likeness (QED) is 0.781. The fraction of sp³-hybridized carbons (Fsp3) is 0.100. The maximum atomic E-state index is 12.9. The van der Waals surface area contributed by atoms with Crippen LogP contribution >= 0.6 is 11.3 Å². The molecule has 2 rings (SSSR count). The summed E-state index contributed by atoms with van der Waals surface area (Å²) in [6.07, 6.45) is 0.225. The first-order chi connectivity index (χ1) is 6.70. The summed E-state index contributed by atoms with van der Waals surface area (Å²) >= 11 is 0.970. The van der Waals surface area contributed by atoms with Gasteiger partial charge >= 0.3 is 0 Å². The molecule has 1 aromatic carbocycles. The Kier molecular flexibility index (Phi) is 2.10. The number of nitriles is 1. The van der Waals surface area contributed by atoms with Crippen LogP contribution in [0.1, 0.15) is 5.56 Å². The van der Waals surface area contributed by atoms with Crippen molar-refractivity contribution in [1.29, 1.82) is 5.26 Å². The lowest BCUT2D eigenvalue weighted by Crippen LogP contribution is -1.80. The Hall–Kier alpha value is -1.60. The summed E-state index contributed by atoms with van der Waals surface area (Å²) in [5.41, 5.74) is 0.708. The van der Waals surface area contributed by atoms with Gasteiger partial charge in [-0.15, -0.1) is 11.3 Å². The lowest BCUT2D eigenvalue weighted by molar-refractivity contribution is 0.481. The highest BCUT2D eigenvalue weighted by Crippen LogP contribution is 2.32. The van der Waals surface area contributed by atoms with Crippen molar-refractivity contribution in [3.63, 3.8) is 0 Å². The average molecular weight is 207 g/mol. The molecular weight excluding hydrogens is 201 g/mol. The van der Waals surface area contributed by atoms with E-state index in [4.69, 9.17) is 5.26 Å². The van der Waals surface area contributed by atoms with Crippen LogP contribution in [0.25, 0.3) is 10.1 Å². The van der Waals surface area contributed by atoms with E-state index in [0.29, 0.717) is 15.6 Å². The summed E-state index contributed by atoms with van der Waals surface area (Å²) in [5.74, 6) is 0.0351. The zero-order valence-electron chi connectivity index (χ0n) is 7.12. The first-order valence-corrected chi connectivity index (χ1v) is 4.80. The molecule has 14 heavy (non-hydrogen) atoms. The SMILES string of the molecule is N#CCc1cc(O)c2cc(F)sc2c1. The van der Waals surface area contributed by atoms with E-state index in [0.717, 1.165) is 11.3 Å². The van der Waals surface area contributed by atoms with Crippen molar-refractivity contribution in [3.05, 3.63) is 28.9 Å². The van der Waals surface area contributed by atoms with Gasteiger partial charge in [-0.25, -0.2) is 0 Å². The molecule has 0 amide bonds. The zero-order valence-corrected chi connectivity index (χ0v) is 7.94. The van der Waals surface area contributed by atoms with Gasteiger partial charge in [-0.2, -0.15) is 9.65 Å². The maximum absolute atomic E-state index is 12.9. The summed E-state index contributed by atoms with van der Waals surface area (Å²) in [6, 6.07) is 6.51. The number of halogens is 1. The van der Waals surface area contributed by atoms with E-state index < -0.39 is 0 Å². The number of rotatable bonds is 1. The Bertz CT molecular complexity index is 527. The van der Waals surface area contributed by atoms with Gasteiger partial charge in [0.25, 0.3) is 0 Å². The van der Waals surface area contributed by atoms with Crippen molar-refractivity contribution in [2.75, 3.05) is 0 Å². The third kappa shape index (κ3) is 1.42. The molecule has 0 aliphatic carbocycles. The topological polar surface area (TPSA) is 44.0 Å². The molecule has 1 heterocycles. The molecular formula is C10H6FNOS. The first-order valence-electron chi connectivity index (χ1n) is 3.98. The highest BCUT2D eigenvalue weighted by Gasteiger charge is 2.07. The van der Waals surface area contributed by atoms with Crippen LogP contribution in [0.3, 0.4) is 0 Å². The predicted octanol–water partition coefficient (Wildman–Crippen LogP) is 2.81. The third-order valence-corrected chi connectivity index (χ3v) is 2.80. The number of phenols is 1. The molecule has 0 aliphatic rings. The molecule has 1 N–H and O–H groups in total. The van der Waals surface area contributed by atoms with Crippen LogP contribution < -0.4 is 0 Å². The minimum atomic E-state index is -0.329. The fourth-order valence-corrected chi connectivity index (χ4v) is 2.21. The Balaban J connectivity index is 2.66. The molecule has 1 aromatic heterocycles. The smallest absolute Gasteiger partial charge is 0.177 e. The average Bonchev–Trinajstić information content (AvgIpc) is 2.47. The van der Waals surface area contributed by atoms with Crippen molar-refractivity contribution < 1.29 is 9.50 Å². The Morgan fingerprint density at radius 2 is 2.21 bits per heavy atom. The number of hydrogen-bond acceptors (Lipinski definition) is 3. The van der Waals surface area contributed by atoms with Crippen LogP contribution in [0.5, 0.6) is 5.75 Å². The summed E-state index contributed by atoms with van der Waals surface area (Å²) < 4.78 is 13.5. The number of hydrogen-bond donors (Lipinski definition) is 1. The molecule has 70 valence electrons. The number of phenolic OH excluding ortho intramolecular Hbond substituents is 1. The van der Waals surface area contributed by atoms with Crippen LogP contribution in [-0.2, 0) is 6.42 Å². The minimum absolute atomic E-state index is 0.0351. The molecule has 2 aromatic rings. The third-order valence-electron chi connectivity index (χ3n) is 1.93. The van der Waals surface area contributed by atoms with Gasteiger partial charge in [-0.05, 0) is 23.8 Å².